The third-order valence-corrected chi connectivity index (χ3v) is 3.00. The topological polar surface area (TPSA) is 84.9 Å². The zero-order valence-corrected chi connectivity index (χ0v) is 12.3. The molecule has 0 atom stereocenters. The van der Waals surface area contributed by atoms with Gasteiger partial charge in [-0.3, -0.25) is 4.79 Å². The Hall–Kier alpha value is -2.08. The molecular weight excluding hydrogens is 274 g/mol. The molecule has 0 aromatic heterocycles. The van der Waals surface area contributed by atoms with Crippen molar-refractivity contribution in [1.82, 2.24) is 5.32 Å². The second-order valence-electron chi connectivity index (χ2n) is 4.53. The van der Waals surface area contributed by atoms with E-state index in [4.69, 9.17) is 14.6 Å². The van der Waals surface area contributed by atoms with E-state index in [9.17, 15) is 9.59 Å². The third kappa shape index (κ3) is 5.83. The van der Waals surface area contributed by atoms with E-state index in [0.717, 1.165) is 5.56 Å². The maximum Gasteiger partial charge on any atom is 0.335 e. The molecule has 0 fully saturated rings. The van der Waals surface area contributed by atoms with Crippen molar-refractivity contribution in [3.05, 3.63) is 29.3 Å². The van der Waals surface area contributed by atoms with Crippen LogP contribution >= 0.6 is 0 Å². The van der Waals surface area contributed by atoms with E-state index < -0.39 is 5.97 Å². The van der Waals surface area contributed by atoms with Crippen molar-refractivity contribution in [2.24, 2.45) is 0 Å². The van der Waals surface area contributed by atoms with Gasteiger partial charge in [0.25, 0.3) is 0 Å². The quantitative estimate of drug-likeness (QED) is 0.674. The van der Waals surface area contributed by atoms with Crippen molar-refractivity contribution in [1.29, 1.82) is 0 Å². The molecule has 1 rings (SSSR count). The molecule has 2 N–H and O–H groups in total. The van der Waals surface area contributed by atoms with E-state index >= 15 is 0 Å². The van der Waals surface area contributed by atoms with Crippen LogP contribution in [0.3, 0.4) is 0 Å². The van der Waals surface area contributed by atoms with Gasteiger partial charge in [0.1, 0.15) is 5.75 Å². The summed E-state index contributed by atoms with van der Waals surface area (Å²) in [7, 11) is 3.10. The van der Waals surface area contributed by atoms with Crippen LogP contribution in [0.15, 0.2) is 18.2 Å². The predicted molar refractivity (Wildman–Crippen MR) is 77.8 cm³/mol. The number of ether oxygens (including phenoxy) is 2. The molecule has 6 heteroatoms. The lowest BCUT2D eigenvalue weighted by Gasteiger charge is -2.10. The zero-order chi connectivity index (χ0) is 15.7. The van der Waals surface area contributed by atoms with Gasteiger partial charge in [0, 0.05) is 26.7 Å². The molecule has 116 valence electrons. The number of methoxy groups -OCH3 is 2. The first kappa shape index (κ1) is 17.0. The Morgan fingerprint density at radius 3 is 2.67 bits per heavy atom. The fourth-order valence-corrected chi connectivity index (χ4v) is 1.89. The van der Waals surface area contributed by atoms with Crippen molar-refractivity contribution in [2.45, 2.75) is 19.3 Å². The summed E-state index contributed by atoms with van der Waals surface area (Å²) in [5, 5.41) is 11.7. The maximum absolute atomic E-state index is 11.5. The standard InChI is InChI=1S/C15H21NO5/c1-20-9-3-4-14(17)16-8-7-11-5-6-12(15(18)19)10-13(11)21-2/h5-6,10H,3-4,7-9H2,1-2H3,(H,16,17)(H,18,19). The van der Waals surface area contributed by atoms with Gasteiger partial charge in [0.05, 0.1) is 12.7 Å². The summed E-state index contributed by atoms with van der Waals surface area (Å²) >= 11 is 0. The molecule has 0 heterocycles. The Kier molecular flexibility index (Phi) is 7.25. The molecule has 0 bridgehead atoms. The van der Waals surface area contributed by atoms with Gasteiger partial charge in [0.15, 0.2) is 0 Å². The molecule has 6 nitrogen and oxygen atoms in total. The number of aromatic carboxylic acids is 1. The highest BCUT2D eigenvalue weighted by Gasteiger charge is 2.09. The minimum atomic E-state index is -0.994. The van der Waals surface area contributed by atoms with Crippen LogP contribution in [0.5, 0.6) is 5.75 Å². The largest absolute Gasteiger partial charge is 0.496 e. The summed E-state index contributed by atoms with van der Waals surface area (Å²) in [5.74, 6) is -0.497. The van der Waals surface area contributed by atoms with Crippen LogP contribution in [0.25, 0.3) is 0 Å². The van der Waals surface area contributed by atoms with Gasteiger partial charge in [-0.1, -0.05) is 6.07 Å². The number of hydrogen-bond donors (Lipinski definition) is 2. The summed E-state index contributed by atoms with van der Waals surface area (Å²) < 4.78 is 10.1. The lowest BCUT2D eigenvalue weighted by Crippen LogP contribution is -2.25. The van der Waals surface area contributed by atoms with E-state index in [1.807, 2.05) is 0 Å². The van der Waals surface area contributed by atoms with Crippen LogP contribution in [0, 0.1) is 0 Å². The van der Waals surface area contributed by atoms with Gasteiger partial charge in [0.2, 0.25) is 5.91 Å². The highest BCUT2D eigenvalue weighted by Crippen LogP contribution is 2.20. The molecule has 0 unspecified atom stereocenters. The number of carboxylic acid groups (broad SMARTS) is 1. The monoisotopic (exact) mass is 295 g/mol. The number of carboxylic acids is 1. The number of hydrogen-bond acceptors (Lipinski definition) is 4. The third-order valence-electron chi connectivity index (χ3n) is 3.00. The first-order valence-electron chi connectivity index (χ1n) is 6.74. The number of rotatable bonds is 9. The van der Waals surface area contributed by atoms with E-state index in [-0.39, 0.29) is 11.5 Å². The Morgan fingerprint density at radius 2 is 2.05 bits per heavy atom. The zero-order valence-electron chi connectivity index (χ0n) is 12.3. The molecule has 1 aromatic carbocycles. The maximum atomic E-state index is 11.5. The van der Waals surface area contributed by atoms with Crippen LogP contribution in [-0.2, 0) is 16.0 Å². The minimum absolute atomic E-state index is 0.0202. The van der Waals surface area contributed by atoms with E-state index in [1.165, 1.54) is 19.2 Å². The van der Waals surface area contributed by atoms with E-state index in [1.54, 1.807) is 13.2 Å². The Morgan fingerprint density at radius 1 is 1.29 bits per heavy atom. The van der Waals surface area contributed by atoms with Crippen molar-refractivity contribution in [3.63, 3.8) is 0 Å². The molecule has 0 aliphatic heterocycles. The molecule has 0 aliphatic carbocycles. The Labute approximate surface area is 124 Å². The molecule has 0 saturated carbocycles. The first-order valence-corrected chi connectivity index (χ1v) is 6.74. The molecule has 1 aromatic rings. The highest BCUT2D eigenvalue weighted by molar-refractivity contribution is 5.88. The number of benzene rings is 1. The number of amides is 1. The summed E-state index contributed by atoms with van der Waals surface area (Å²) in [6.45, 7) is 1.05. The van der Waals surface area contributed by atoms with Gasteiger partial charge in [-0.15, -0.1) is 0 Å². The first-order chi connectivity index (χ1) is 10.1. The molecule has 0 spiro atoms. The fourth-order valence-electron chi connectivity index (χ4n) is 1.89. The molecule has 0 radical (unpaired) electrons. The molecule has 0 saturated heterocycles. The number of carbonyl (C=O) groups is 2. The Bertz CT molecular complexity index is 487. The van der Waals surface area contributed by atoms with Crippen molar-refractivity contribution >= 4 is 11.9 Å². The molecule has 1 amide bonds. The van der Waals surface area contributed by atoms with Gasteiger partial charge < -0.3 is 19.9 Å². The molecule has 21 heavy (non-hydrogen) atoms. The average molecular weight is 295 g/mol. The van der Waals surface area contributed by atoms with Gasteiger partial charge in [-0.2, -0.15) is 0 Å². The van der Waals surface area contributed by atoms with Crippen molar-refractivity contribution < 1.29 is 24.2 Å². The average Bonchev–Trinajstić information content (AvgIpc) is 2.47. The van der Waals surface area contributed by atoms with Crippen molar-refractivity contribution in [2.75, 3.05) is 27.4 Å². The highest BCUT2D eigenvalue weighted by atomic mass is 16.5. The summed E-state index contributed by atoms with van der Waals surface area (Å²) in [4.78, 5) is 22.4. The molecular formula is C15H21NO5. The van der Waals surface area contributed by atoms with Gasteiger partial charge in [-0.05, 0) is 30.5 Å². The molecule has 0 aliphatic rings. The smallest absolute Gasteiger partial charge is 0.335 e. The fraction of sp³-hybridized carbons (Fsp3) is 0.467. The van der Waals surface area contributed by atoms with Gasteiger partial charge >= 0.3 is 5.97 Å². The van der Waals surface area contributed by atoms with Crippen LogP contribution < -0.4 is 10.1 Å². The lowest BCUT2D eigenvalue weighted by atomic mass is 10.1. The Balaban J connectivity index is 2.48. The van der Waals surface area contributed by atoms with E-state index in [0.29, 0.717) is 38.2 Å². The van der Waals surface area contributed by atoms with Crippen LogP contribution in [-0.4, -0.2) is 44.4 Å². The van der Waals surface area contributed by atoms with E-state index in [2.05, 4.69) is 5.32 Å². The summed E-state index contributed by atoms with van der Waals surface area (Å²) in [6, 6.07) is 4.72. The van der Waals surface area contributed by atoms with Gasteiger partial charge in [-0.25, -0.2) is 4.79 Å². The number of carbonyl (C=O) groups excluding carboxylic acids is 1. The summed E-state index contributed by atoms with van der Waals surface area (Å²) in [6.07, 6.45) is 1.71. The van der Waals surface area contributed by atoms with Crippen molar-refractivity contribution in [3.8, 4) is 5.75 Å². The second kappa shape index (κ2) is 8.97. The minimum Gasteiger partial charge on any atom is -0.496 e. The van der Waals surface area contributed by atoms with Crippen LogP contribution in [0.1, 0.15) is 28.8 Å². The second-order valence-corrected chi connectivity index (χ2v) is 4.53. The summed E-state index contributed by atoms with van der Waals surface area (Å²) in [5.41, 5.74) is 1.04. The number of nitrogens with one attached hydrogen (secondary N) is 1. The lowest BCUT2D eigenvalue weighted by molar-refractivity contribution is -0.121. The predicted octanol–water partition coefficient (Wildman–Crippen LogP) is 1.48. The van der Waals surface area contributed by atoms with Crippen LogP contribution in [0.4, 0.5) is 0 Å². The van der Waals surface area contributed by atoms with Crippen LogP contribution in [0.2, 0.25) is 0 Å². The SMILES string of the molecule is COCCCC(=O)NCCc1ccc(C(=O)O)cc1OC. The normalized spacial score (nSPS) is 10.2.